The van der Waals surface area contributed by atoms with Crippen molar-refractivity contribution in [3.05, 3.63) is 48.0 Å². The first-order valence-electron chi connectivity index (χ1n) is 7.83. The average molecular weight is 323 g/mol. The lowest BCUT2D eigenvalue weighted by Crippen LogP contribution is -2.16. The number of rotatable bonds is 3. The van der Waals surface area contributed by atoms with Gasteiger partial charge in [-0.1, -0.05) is 12.1 Å². The molecule has 0 unspecified atom stereocenters. The molecule has 7 heteroatoms. The Balaban J connectivity index is 1.53. The minimum atomic E-state index is -0.229. The highest BCUT2D eigenvalue weighted by Gasteiger charge is 2.23. The van der Waals surface area contributed by atoms with Crippen LogP contribution in [0.4, 0.5) is 5.69 Å². The molecule has 1 aromatic carbocycles. The van der Waals surface area contributed by atoms with Crippen LogP contribution in [0.5, 0.6) is 5.88 Å². The number of nitrogens with zero attached hydrogens (tertiary/aromatic N) is 3. The first-order chi connectivity index (χ1) is 11.7. The SMILES string of the molecule is Cc1c(C(=O)Nc2ccc(-c3cnc[nH]3)cc2)nn2c1OCCC2. The molecule has 1 aliphatic heterocycles. The van der Waals surface area contributed by atoms with Gasteiger partial charge in [0, 0.05) is 24.2 Å². The van der Waals surface area contributed by atoms with Gasteiger partial charge in [-0.05, 0) is 24.6 Å². The van der Waals surface area contributed by atoms with E-state index in [1.165, 1.54) is 0 Å². The van der Waals surface area contributed by atoms with Gasteiger partial charge in [0.1, 0.15) is 0 Å². The van der Waals surface area contributed by atoms with Crippen molar-refractivity contribution in [1.29, 1.82) is 0 Å². The number of nitrogens with one attached hydrogen (secondary N) is 2. The number of aromatic nitrogens is 4. The van der Waals surface area contributed by atoms with Gasteiger partial charge in [0.25, 0.3) is 5.91 Å². The summed E-state index contributed by atoms with van der Waals surface area (Å²) in [6, 6.07) is 7.57. The first kappa shape index (κ1) is 14.5. The fourth-order valence-electron chi connectivity index (χ4n) is 2.81. The normalized spacial score (nSPS) is 13.2. The molecule has 0 fully saturated rings. The Kier molecular flexibility index (Phi) is 3.53. The van der Waals surface area contributed by atoms with Gasteiger partial charge < -0.3 is 15.0 Å². The molecule has 7 nitrogen and oxygen atoms in total. The molecule has 3 heterocycles. The molecule has 0 atom stereocenters. The summed E-state index contributed by atoms with van der Waals surface area (Å²) in [7, 11) is 0. The first-order valence-corrected chi connectivity index (χ1v) is 7.83. The maximum absolute atomic E-state index is 12.5. The minimum absolute atomic E-state index is 0.229. The van der Waals surface area contributed by atoms with Crippen LogP contribution in [0.25, 0.3) is 11.3 Å². The van der Waals surface area contributed by atoms with Gasteiger partial charge in [-0.3, -0.25) is 4.79 Å². The molecule has 0 saturated heterocycles. The molecule has 1 aliphatic rings. The van der Waals surface area contributed by atoms with Crippen LogP contribution in [0.3, 0.4) is 0 Å². The Labute approximate surface area is 138 Å². The van der Waals surface area contributed by atoms with Gasteiger partial charge in [-0.2, -0.15) is 5.10 Å². The van der Waals surface area contributed by atoms with Crippen LogP contribution in [0.15, 0.2) is 36.8 Å². The van der Waals surface area contributed by atoms with Crippen LogP contribution in [0.2, 0.25) is 0 Å². The summed E-state index contributed by atoms with van der Waals surface area (Å²) in [5, 5.41) is 7.26. The Bertz CT molecular complexity index is 865. The number of carbonyl (C=O) groups is 1. The molecule has 1 amide bonds. The van der Waals surface area contributed by atoms with E-state index >= 15 is 0 Å². The lowest BCUT2D eigenvalue weighted by molar-refractivity contribution is 0.102. The highest BCUT2D eigenvalue weighted by Crippen LogP contribution is 2.26. The standard InChI is InChI=1S/C17H17N5O2/c1-11-15(21-22-7-2-8-24-17(11)22)16(23)20-13-5-3-12(4-6-13)14-9-18-10-19-14/h3-6,9-10H,2,7-8H2,1H3,(H,18,19)(H,20,23). The number of aromatic amines is 1. The second-order valence-electron chi connectivity index (χ2n) is 5.70. The number of ether oxygens (including phenoxy) is 1. The molecule has 0 spiro atoms. The summed E-state index contributed by atoms with van der Waals surface area (Å²) in [5.41, 5.74) is 3.84. The lowest BCUT2D eigenvalue weighted by Gasteiger charge is -2.14. The molecule has 4 rings (SSSR count). The zero-order chi connectivity index (χ0) is 16.5. The third-order valence-electron chi connectivity index (χ3n) is 4.05. The van der Waals surface area contributed by atoms with E-state index in [4.69, 9.17) is 4.74 Å². The highest BCUT2D eigenvalue weighted by molar-refractivity contribution is 6.04. The Morgan fingerprint density at radius 3 is 2.88 bits per heavy atom. The fraction of sp³-hybridized carbons (Fsp3) is 0.235. The molecule has 0 bridgehead atoms. The second-order valence-corrected chi connectivity index (χ2v) is 5.70. The Morgan fingerprint density at radius 2 is 2.17 bits per heavy atom. The summed E-state index contributed by atoms with van der Waals surface area (Å²) in [5.74, 6) is 0.466. The van der Waals surface area contributed by atoms with E-state index in [1.54, 1.807) is 17.2 Å². The minimum Gasteiger partial charge on any atom is -0.478 e. The molecule has 2 N–H and O–H groups in total. The van der Waals surface area contributed by atoms with Gasteiger partial charge in [-0.25, -0.2) is 9.67 Å². The monoisotopic (exact) mass is 323 g/mol. The smallest absolute Gasteiger partial charge is 0.276 e. The molecule has 2 aromatic heterocycles. The van der Waals surface area contributed by atoms with E-state index in [0.29, 0.717) is 18.2 Å². The lowest BCUT2D eigenvalue weighted by atomic mass is 10.1. The van der Waals surface area contributed by atoms with E-state index < -0.39 is 0 Å². The van der Waals surface area contributed by atoms with Crippen LogP contribution in [-0.4, -0.2) is 32.3 Å². The fourth-order valence-corrected chi connectivity index (χ4v) is 2.81. The van der Waals surface area contributed by atoms with Gasteiger partial charge in [0.2, 0.25) is 5.88 Å². The van der Waals surface area contributed by atoms with Crippen molar-refractivity contribution >= 4 is 11.6 Å². The summed E-state index contributed by atoms with van der Waals surface area (Å²) in [4.78, 5) is 19.6. The van der Waals surface area contributed by atoms with Crippen LogP contribution >= 0.6 is 0 Å². The van der Waals surface area contributed by atoms with E-state index in [1.807, 2.05) is 31.2 Å². The van der Waals surface area contributed by atoms with Gasteiger partial charge in [0.15, 0.2) is 5.69 Å². The molecule has 0 aliphatic carbocycles. The molecule has 0 radical (unpaired) electrons. The van der Waals surface area contributed by atoms with Crippen LogP contribution in [0, 0.1) is 6.92 Å². The largest absolute Gasteiger partial charge is 0.478 e. The molecule has 3 aromatic rings. The average Bonchev–Trinajstić information content (AvgIpc) is 3.24. The topological polar surface area (TPSA) is 84.8 Å². The number of fused-ring (bicyclic) bond motifs is 1. The van der Waals surface area contributed by atoms with E-state index in [2.05, 4.69) is 20.4 Å². The quantitative estimate of drug-likeness (QED) is 0.776. The molecule has 0 saturated carbocycles. The zero-order valence-corrected chi connectivity index (χ0v) is 13.2. The van der Waals surface area contributed by atoms with Crippen molar-refractivity contribution < 1.29 is 9.53 Å². The van der Waals surface area contributed by atoms with E-state index in [9.17, 15) is 4.79 Å². The number of aryl methyl sites for hydroxylation is 1. The number of carbonyl (C=O) groups excluding carboxylic acids is 1. The third-order valence-corrected chi connectivity index (χ3v) is 4.05. The van der Waals surface area contributed by atoms with Crippen molar-refractivity contribution in [2.45, 2.75) is 19.9 Å². The highest BCUT2D eigenvalue weighted by atomic mass is 16.5. The predicted molar refractivity (Wildman–Crippen MR) is 89.1 cm³/mol. The molecular formula is C17H17N5O2. The summed E-state index contributed by atoms with van der Waals surface area (Å²) >= 11 is 0. The Morgan fingerprint density at radius 1 is 1.33 bits per heavy atom. The third kappa shape index (κ3) is 2.54. The zero-order valence-electron chi connectivity index (χ0n) is 13.2. The molecule has 24 heavy (non-hydrogen) atoms. The van der Waals surface area contributed by atoms with Crippen molar-refractivity contribution in [2.75, 3.05) is 11.9 Å². The molecular weight excluding hydrogens is 306 g/mol. The number of imidazole rings is 1. The number of anilines is 1. The van der Waals surface area contributed by atoms with Crippen molar-refractivity contribution in [3.63, 3.8) is 0 Å². The predicted octanol–water partition coefficient (Wildman–Crippen LogP) is 2.62. The van der Waals surface area contributed by atoms with Crippen LogP contribution in [0.1, 0.15) is 22.5 Å². The number of amides is 1. The van der Waals surface area contributed by atoms with Gasteiger partial charge >= 0.3 is 0 Å². The van der Waals surface area contributed by atoms with Crippen LogP contribution in [-0.2, 0) is 6.54 Å². The number of hydrogen-bond acceptors (Lipinski definition) is 4. The van der Waals surface area contributed by atoms with Crippen LogP contribution < -0.4 is 10.1 Å². The maximum atomic E-state index is 12.5. The van der Waals surface area contributed by atoms with Crippen molar-refractivity contribution in [3.8, 4) is 17.1 Å². The van der Waals surface area contributed by atoms with Gasteiger partial charge in [0.05, 0.1) is 24.8 Å². The summed E-state index contributed by atoms with van der Waals surface area (Å²) in [6.45, 7) is 3.31. The van der Waals surface area contributed by atoms with E-state index in [0.717, 1.165) is 35.5 Å². The van der Waals surface area contributed by atoms with Gasteiger partial charge in [-0.15, -0.1) is 0 Å². The van der Waals surface area contributed by atoms with Crippen molar-refractivity contribution in [2.24, 2.45) is 0 Å². The molecule has 122 valence electrons. The second kappa shape index (κ2) is 5.84. The number of benzene rings is 1. The number of hydrogen-bond donors (Lipinski definition) is 2. The van der Waals surface area contributed by atoms with E-state index in [-0.39, 0.29) is 5.91 Å². The summed E-state index contributed by atoms with van der Waals surface area (Å²) < 4.78 is 7.36. The Hall–Kier alpha value is -3.09. The summed E-state index contributed by atoms with van der Waals surface area (Å²) in [6.07, 6.45) is 4.30. The maximum Gasteiger partial charge on any atom is 0.276 e. The number of H-pyrrole nitrogens is 1. The van der Waals surface area contributed by atoms with Crippen molar-refractivity contribution in [1.82, 2.24) is 19.7 Å².